The van der Waals surface area contributed by atoms with Crippen LogP contribution in [0, 0.1) is 0 Å². The molecule has 6 nitrogen and oxygen atoms in total. The van der Waals surface area contributed by atoms with Crippen molar-refractivity contribution in [3.05, 3.63) is 64.2 Å². The van der Waals surface area contributed by atoms with Gasteiger partial charge in [0.2, 0.25) is 0 Å². The van der Waals surface area contributed by atoms with E-state index in [1.165, 1.54) is 31.5 Å². The fraction of sp³-hybridized carbons (Fsp3) is 0.0625. The molecule has 0 saturated heterocycles. The van der Waals surface area contributed by atoms with Crippen LogP contribution < -0.4 is 10.2 Å². The lowest BCUT2D eigenvalue weighted by Gasteiger charge is -2.05. The second kappa shape index (κ2) is 7.42. The quantitative estimate of drug-likeness (QED) is 0.651. The maximum Gasteiger partial charge on any atom is 0.339 e. The first-order valence-corrected chi connectivity index (χ1v) is 6.89. The largest absolute Gasteiger partial charge is 0.496 e. The number of nitrogens with one attached hydrogen (secondary N) is 1. The summed E-state index contributed by atoms with van der Waals surface area (Å²) in [5.41, 5.74) is 3.24. The number of hydrogen-bond donors (Lipinski definition) is 2. The molecule has 2 aromatic carbocycles. The van der Waals surface area contributed by atoms with Gasteiger partial charge in [-0.2, -0.15) is 5.10 Å². The molecular weight excluding hydrogens is 320 g/mol. The van der Waals surface area contributed by atoms with Crippen LogP contribution in [0.2, 0.25) is 5.02 Å². The molecule has 2 aromatic rings. The second-order valence-electron chi connectivity index (χ2n) is 4.47. The zero-order valence-corrected chi connectivity index (χ0v) is 12.9. The fourth-order valence-electron chi connectivity index (χ4n) is 1.83. The van der Waals surface area contributed by atoms with Crippen molar-refractivity contribution in [3.63, 3.8) is 0 Å². The lowest BCUT2D eigenvalue weighted by atomic mass is 10.1. The molecule has 1 amide bonds. The van der Waals surface area contributed by atoms with E-state index in [-0.39, 0.29) is 11.3 Å². The molecule has 0 spiro atoms. The van der Waals surface area contributed by atoms with Crippen molar-refractivity contribution in [2.75, 3.05) is 7.11 Å². The molecule has 0 saturated carbocycles. The minimum Gasteiger partial charge on any atom is -0.496 e. The van der Waals surface area contributed by atoms with Crippen LogP contribution in [0.25, 0.3) is 0 Å². The van der Waals surface area contributed by atoms with E-state index in [9.17, 15) is 9.59 Å². The van der Waals surface area contributed by atoms with Crippen LogP contribution in [0.5, 0.6) is 5.75 Å². The highest BCUT2D eigenvalue weighted by Gasteiger charge is 2.11. The Labute approximate surface area is 137 Å². The van der Waals surface area contributed by atoms with Crippen LogP contribution in [0.3, 0.4) is 0 Å². The molecule has 23 heavy (non-hydrogen) atoms. The number of ether oxygens (including phenoxy) is 1. The average Bonchev–Trinajstić information content (AvgIpc) is 2.54. The molecule has 0 aromatic heterocycles. The van der Waals surface area contributed by atoms with Crippen LogP contribution in [-0.4, -0.2) is 30.3 Å². The number of hydrazone groups is 1. The van der Waals surface area contributed by atoms with Crippen molar-refractivity contribution in [2.24, 2.45) is 5.10 Å². The lowest BCUT2D eigenvalue weighted by Crippen LogP contribution is -2.17. The van der Waals surface area contributed by atoms with Gasteiger partial charge in [0.1, 0.15) is 11.3 Å². The first-order chi connectivity index (χ1) is 11.0. The van der Waals surface area contributed by atoms with Crippen LogP contribution in [0.4, 0.5) is 0 Å². The predicted octanol–water partition coefficient (Wildman–Crippen LogP) is 2.81. The van der Waals surface area contributed by atoms with Gasteiger partial charge in [0.15, 0.2) is 0 Å². The number of hydrogen-bond acceptors (Lipinski definition) is 4. The lowest BCUT2D eigenvalue weighted by molar-refractivity contribution is 0.0693. The third kappa shape index (κ3) is 4.31. The van der Waals surface area contributed by atoms with Crippen molar-refractivity contribution in [3.8, 4) is 5.75 Å². The highest BCUT2D eigenvalue weighted by Crippen LogP contribution is 2.19. The first kappa shape index (κ1) is 16.5. The van der Waals surface area contributed by atoms with E-state index in [2.05, 4.69) is 10.5 Å². The number of halogens is 1. The molecule has 0 atom stereocenters. The van der Waals surface area contributed by atoms with Crippen LogP contribution in [-0.2, 0) is 0 Å². The number of carboxylic acid groups (broad SMARTS) is 1. The Balaban J connectivity index is 2.10. The second-order valence-corrected chi connectivity index (χ2v) is 4.91. The van der Waals surface area contributed by atoms with E-state index in [0.29, 0.717) is 16.1 Å². The number of carbonyl (C=O) groups is 2. The number of aromatic carboxylic acids is 1. The summed E-state index contributed by atoms with van der Waals surface area (Å²) in [6, 6.07) is 11.0. The SMILES string of the molecule is COc1ccc(C=NNC(=O)c2cccc(Cl)c2)cc1C(=O)O. The third-order valence-electron chi connectivity index (χ3n) is 2.92. The van der Waals surface area contributed by atoms with Gasteiger partial charge in [-0.3, -0.25) is 4.79 Å². The Morgan fingerprint density at radius 2 is 2.04 bits per heavy atom. The van der Waals surface area contributed by atoms with Crippen LogP contribution in [0.1, 0.15) is 26.3 Å². The molecular formula is C16H13ClN2O4. The summed E-state index contributed by atoms with van der Waals surface area (Å²) >= 11 is 5.81. The number of carbonyl (C=O) groups excluding carboxylic acids is 1. The Kier molecular flexibility index (Phi) is 5.32. The maximum atomic E-state index is 11.9. The molecule has 0 heterocycles. The Hall–Kier alpha value is -2.86. The monoisotopic (exact) mass is 332 g/mol. The molecule has 0 radical (unpaired) electrons. The van der Waals surface area contributed by atoms with Crippen molar-refractivity contribution in [1.82, 2.24) is 5.43 Å². The summed E-state index contributed by atoms with van der Waals surface area (Å²) < 4.78 is 4.97. The van der Waals surface area contributed by atoms with Gasteiger partial charge >= 0.3 is 5.97 Å². The van der Waals surface area contributed by atoms with Gasteiger partial charge in [0.05, 0.1) is 13.3 Å². The number of nitrogens with zero attached hydrogens (tertiary/aromatic N) is 1. The van der Waals surface area contributed by atoms with E-state index in [1.54, 1.807) is 24.3 Å². The first-order valence-electron chi connectivity index (χ1n) is 6.51. The summed E-state index contributed by atoms with van der Waals surface area (Å²) in [4.78, 5) is 23.0. The fourth-order valence-corrected chi connectivity index (χ4v) is 2.02. The number of benzene rings is 2. The standard InChI is InChI=1S/C16H13ClN2O4/c1-23-14-6-5-10(7-13(14)16(21)22)9-18-19-15(20)11-3-2-4-12(17)8-11/h2-9H,1H3,(H,19,20)(H,21,22). The van der Waals surface area contributed by atoms with Gasteiger partial charge in [0, 0.05) is 10.6 Å². The Morgan fingerprint density at radius 1 is 1.26 bits per heavy atom. The topological polar surface area (TPSA) is 88.0 Å². The van der Waals surface area contributed by atoms with Crippen LogP contribution in [0.15, 0.2) is 47.6 Å². The van der Waals surface area contributed by atoms with E-state index in [0.717, 1.165) is 0 Å². The van der Waals surface area contributed by atoms with Gasteiger partial charge in [-0.05, 0) is 42.0 Å². The molecule has 0 aliphatic carbocycles. The molecule has 7 heteroatoms. The third-order valence-corrected chi connectivity index (χ3v) is 3.16. The van der Waals surface area contributed by atoms with E-state index < -0.39 is 11.9 Å². The van der Waals surface area contributed by atoms with Gasteiger partial charge in [-0.1, -0.05) is 17.7 Å². The van der Waals surface area contributed by atoms with Gasteiger partial charge < -0.3 is 9.84 Å². The van der Waals surface area contributed by atoms with E-state index in [4.69, 9.17) is 21.4 Å². The molecule has 118 valence electrons. The molecule has 0 bridgehead atoms. The van der Waals surface area contributed by atoms with E-state index in [1.807, 2.05) is 0 Å². The van der Waals surface area contributed by atoms with Gasteiger partial charge in [0.25, 0.3) is 5.91 Å². The van der Waals surface area contributed by atoms with E-state index >= 15 is 0 Å². The Bertz CT molecular complexity index is 774. The minimum atomic E-state index is -1.11. The summed E-state index contributed by atoms with van der Waals surface area (Å²) in [7, 11) is 1.39. The summed E-state index contributed by atoms with van der Waals surface area (Å²) in [5.74, 6) is -1.28. The van der Waals surface area contributed by atoms with Gasteiger partial charge in [-0.25, -0.2) is 10.2 Å². The summed E-state index contributed by atoms with van der Waals surface area (Å²) in [6.45, 7) is 0. The smallest absolute Gasteiger partial charge is 0.339 e. The number of methoxy groups -OCH3 is 1. The summed E-state index contributed by atoms with van der Waals surface area (Å²) in [6.07, 6.45) is 1.34. The highest BCUT2D eigenvalue weighted by molar-refractivity contribution is 6.30. The van der Waals surface area contributed by atoms with Crippen molar-refractivity contribution in [2.45, 2.75) is 0 Å². The zero-order chi connectivity index (χ0) is 16.8. The van der Waals surface area contributed by atoms with Crippen LogP contribution >= 0.6 is 11.6 Å². The van der Waals surface area contributed by atoms with Crippen molar-refractivity contribution in [1.29, 1.82) is 0 Å². The predicted molar refractivity (Wildman–Crippen MR) is 86.5 cm³/mol. The normalized spacial score (nSPS) is 10.5. The average molecular weight is 333 g/mol. The molecule has 0 fully saturated rings. The molecule has 2 N–H and O–H groups in total. The summed E-state index contributed by atoms with van der Waals surface area (Å²) in [5, 5.41) is 13.4. The maximum absolute atomic E-state index is 11.9. The molecule has 0 aliphatic heterocycles. The highest BCUT2D eigenvalue weighted by atomic mass is 35.5. The van der Waals surface area contributed by atoms with Crippen molar-refractivity contribution < 1.29 is 19.4 Å². The number of rotatable bonds is 5. The number of carboxylic acids is 1. The zero-order valence-electron chi connectivity index (χ0n) is 12.1. The van der Waals surface area contributed by atoms with Crippen molar-refractivity contribution >= 4 is 29.7 Å². The number of amides is 1. The Morgan fingerprint density at radius 3 is 2.70 bits per heavy atom. The molecule has 0 unspecified atom stereocenters. The molecule has 0 aliphatic rings. The van der Waals surface area contributed by atoms with Gasteiger partial charge in [-0.15, -0.1) is 0 Å². The molecule has 2 rings (SSSR count). The minimum absolute atomic E-state index is 0.0117.